The lowest BCUT2D eigenvalue weighted by atomic mass is 10.2. The fourth-order valence-electron chi connectivity index (χ4n) is 3.43. The number of hydrogen-bond donors (Lipinski definition) is 1. The molecule has 0 aliphatic carbocycles. The van der Waals surface area contributed by atoms with Crippen LogP contribution in [0.1, 0.15) is 30.1 Å². The van der Waals surface area contributed by atoms with Gasteiger partial charge in [0.1, 0.15) is 5.75 Å². The van der Waals surface area contributed by atoms with Crippen LogP contribution in [0.3, 0.4) is 0 Å². The number of likely N-dealkylation sites (tertiary alicyclic amines) is 1. The molecule has 30 heavy (non-hydrogen) atoms. The highest BCUT2D eigenvalue weighted by molar-refractivity contribution is 7.92. The maximum atomic E-state index is 12.8. The largest absolute Gasteiger partial charge is 0.494 e. The number of nitrogens with one attached hydrogen (secondary N) is 1. The first kappa shape index (κ1) is 22.1. The Balaban J connectivity index is 1.65. The van der Waals surface area contributed by atoms with Crippen molar-refractivity contribution in [1.82, 2.24) is 9.80 Å². The molecule has 162 valence electrons. The van der Waals surface area contributed by atoms with Crippen LogP contribution in [-0.2, 0) is 10.0 Å². The van der Waals surface area contributed by atoms with Gasteiger partial charge < -0.3 is 14.5 Å². The lowest BCUT2D eigenvalue weighted by Crippen LogP contribution is -2.35. The summed E-state index contributed by atoms with van der Waals surface area (Å²) >= 11 is 0. The Bertz CT molecular complexity index is 955. The van der Waals surface area contributed by atoms with Crippen LogP contribution in [0.15, 0.2) is 53.4 Å². The van der Waals surface area contributed by atoms with E-state index < -0.39 is 10.0 Å². The Morgan fingerprint density at radius 3 is 2.50 bits per heavy atom. The SMILES string of the molecule is CCOc1ccc(S(=O)(=O)Nc2cccc(C(=O)N(C)CCN3CCCC3)c2)cc1. The summed E-state index contributed by atoms with van der Waals surface area (Å²) in [6.07, 6.45) is 2.43. The van der Waals surface area contributed by atoms with Crippen molar-refractivity contribution in [1.29, 1.82) is 0 Å². The standard InChI is InChI=1S/C22H29N3O4S/c1-3-29-20-9-11-21(12-10-20)30(27,28)23-19-8-6-7-18(17-19)22(26)24(2)15-16-25-13-4-5-14-25/h6-12,17,23H,3-5,13-16H2,1-2H3. The van der Waals surface area contributed by atoms with E-state index in [9.17, 15) is 13.2 Å². The van der Waals surface area contributed by atoms with E-state index in [2.05, 4.69) is 9.62 Å². The fraction of sp³-hybridized carbons (Fsp3) is 0.409. The molecule has 8 heteroatoms. The van der Waals surface area contributed by atoms with Crippen LogP contribution in [-0.4, -0.2) is 64.0 Å². The lowest BCUT2D eigenvalue weighted by Gasteiger charge is -2.21. The fourth-order valence-corrected chi connectivity index (χ4v) is 4.48. The molecular formula is C22H29N3O4S. The van der Waals surface area contributed by atoms with Crippen molar-refractivity contribution in [2.24, 2.45) is 0 Å². The van der Waals surface area contributed by atoms with Gasteiger partial charge in [-0.15, -0.1) is 0 Å². The molecule has 0 spiro atoms. The average Bonchev–Trinajstić information content (AvgIpc) is 3.26. The number of sulfonamides is 1. The van der Waals surface area contributed by atoms with Gasteiger partial charge in [0.25, 0.3) is 15.9 Å². The quantitative estimate of drug-likeness (QED) is 0.660. The van der Waals surface area contributed by atoms with Gasteiger partial charge in [-0.1, -0.05) is 6.07 Å². The molecule has 1 saturated heterocycles. The average molecular weight is 432 g/mol. The maximum absolute atomic E-state index is 12.8. The first-order valence-corrected chi connectivity index (χ1v) is 11.7. The highest BCUT2D eigenvalue weighted by Gasteiger charge is 2.18. The Kier molecular flexibility index (Phi) is 7.33. The van der Waals surface area contributed by atoms with Crippen LogP contribution in [0, 0.1) is 0 Å². The van der Waals surface area contributed by atoms with Gasteiger partial charge in [-0.25, -0.2) is 8.42 Å². The minimum atomic E-state index is -3.77. The van der Waals surface area contributed by atoms with Gasteiger partial charge in [-0.2, -0.15) is 0 Å². The van der Waals surface area contributed by atoms with E-state index in [0.717, 1.165) is 19.6 Å². The molecule has 1 N–H and O–H groups in total. The molecule has 0 unspecified atom stereocenters. The van der Waals surface area contributed by atoms with Gasteiger partial charge in [-0.3, -0.25) is 9.52 Å². The first-order chi connectivity index (χ1) is 14.4. The number of amides is 1. The third-order valence-corrected chi connectivity index (χ3v) is 6.50. The predicted octanol–water partition coefficient (Wildman–Crippen LogP) is 3.05. The number of benzene rings is 2. The van der Waals surface area contributed by atoms with Gasteiger partial charge in [0.2, 0.25) is 0 Å². The summed E-state index contributed by atoms with van der Waals surface area (Å²) in [7, 11) is -1.99. The van der Waals surface area contributed by atoms with Gasteiger partial charge in [0.05, 0.1) is 11.5 Å². The Labute approximate surface area is 178 Å². The molecular weight excluding hydrogens is 402 g/mol. The van der Waals surface area contributed by atoms with E-state index in [-0.39, 0.29) is 10.8 Å². The summed E-state index contributed by atoms with van der Waals surface area (Å²) in [5.74, 6) is 0.484. The van der Waals surface area contributed by atoms with E-state index in [0.29, 0.717) is 30.2 Å². The predicted molar refractivity (Wildman–Crippen MR) is 117 cm³/mol. The molecule has 1 amide bonds. The number of ether oxygens (including phenoxy) is 1. The molecule has 3 rings (SSSR count). The molecule has 2 aromatic carbocycles. The third kappa shape index (κ3) is 5.73. The summed E-state index contributed by atoms with van der Waals surface area (Å²) in [5, 5.41) is 0. The van der Waals surface area contributed by atoms with E-state index in [1.165, 1.54) is 25.0 Å². The number of carbonyl (C=O) groups is 1. The van der Waals surface area contributed by atoms with Crippen molar-refractivity contribution in [3.05, 3.63) is 54.1 Å². The number of rotatable bonds is 9. The lowest BCUT2D eigenvalue weighted by molar-refractivity contribution is 0.0782. The normalized spacial score (nSPS) is 14.5. The number of anilines is 1. The smallest absolute Gasteiger partial charge is 0.261 e. The maximum Gasteiger partial charge on any atom is 0.261 e. The van der Waals surface area contributed by atoms with Crippen molar-refractivity contribution in [3.8, 4) is 5.75 Å². The van der Waals surface area contributed by atoms with Crippen LogP contribution >= 0.6 is 0 Å². The number of likely N-dealkylation sites (N-methyl/N-ethyl adjacent to an activating group) is 1. The van der Waals surface area contributed by atoms with Crippen molar-refractivity contribution < 1.29 is 17.9 Å². The van der Waals surface area contributed by atoms with Gasteiger partial charge in [0.15, 0.2) is 0 Å². The highest BCUT2D eigenvalue weighted by atomic mass is 32.2. The van der Waals surface area contributed by atoms with E-state index >= 15 is 0 Å². The van der Waals surface area contributed by atoms with Crippen LogP contribution < -0.4 is 9.46 Å². The van der Waals surface area contributed by atoms with Crippen molar-refractivity contribution in [2.75, 3.05) is 44.6 Å². The molecule has 1 fully saturated rings. The molecule has 0 aromatic heterocycles. The second kappa shape index (κ2) is 9.95. The van der Waals surface area contributed by atoms with Gasteiger partial charge >= 0.3 is 0 Å². The van der Waals surface area contributed by atoms with E-state index in [1.807, 2.05) is 6.92 Å². The monoisotopic (exact) mass is 431 g/mol. The minimum absolute atomic E-state index is 0.128. The summed E-state index contributed by atoms with van der Waals surface area (Å²) in [6.45, 7) is 6.05. The number of carbonyl (C=O) groups excluding carboxylic acids is 1. The molecule has 1 aliphatic rings. The molecule has 0 atom stereocenters. The second-order valence-corrected chi connectivity index (χ2v) is 9.05. The van der Waals surface area contributed by atoms with Crippen molar-refractivity contribution >= 4 is 21.6 Å². The summed E-state index contributed by atoms with van der Waals surface area (Å²) in [4.78, 5) is 16.9. The van der Waals surface area contributed by atoms with E-state index in [1.54, 1.807) is 48.3 Å². The molecule has 1 heterocycles. The number of nitrogens with zero attached hydrogens (tertiary/aromatic N) is 2. The molecule has 1 aliphatic heterocycles. The minimum Gasteiger partial charge on any atom is -0.494 e. The molecule has 0 saturated carbocycles. The molecule has 2 aromatic rings. The van der Waals surface area contributed by atoms with Gasteiger partial charge in [0, 0.05) is 31.4 Å². The van der Waals surface area contributed by atoms with Crippen molar-refractivity contribution in [3.63, 3.8) is 0 Å². The summed E-state index contributed by atoms with van der Waals surface area (Å²) in [6, 6.07) is 12.8. The zero-order chi connectivity index (χ0) is 21.6. The molecule has 0 bridgehead atoms. The van der Waals surface area contributed by atoms with Crippen LogP contribution in [0.25, 0.3) is 0 Å². The van der Waals surface area contributed by atoms with Crippen LogP contribution in [0.5, 0.6) is 5.75 Å². The van der Waals surface area contributed by atoms with Crippen LogP contribution in [0.4, 0.5) is 5.69 Å². The second-order valence-electron chi connectivity index (χ2n) is 7.37. The number of hydrogen-bond acceptors (Lipinski definition) is 5. The Morgan fingerprint density at radius 2 is 1.83 bits per heavy atom. The van der Waals surface area contributed by atoms with Gasteiger partial charge in [-0.05, 0) is 75.3 Å². The summed E-state index contributed by atoms with van der Waals surface area (Å²) < 4.78 is 33.3. The third-order valence-electron chi connectivity index (χ3n) is 5.10. The Morgan fingerprint density at radius 1 is 1.13 bits per heavy atom. The topological polar surface area (TPSA) is 78.9 Å². The molecule has 7 nitrogen and oxygen atoms in total. The van der Waals surface area contributed by atoms with E-state index in [4.69, 9.17) is 4.74 Å². The first-order valence-electron chi connectivity index (χ1n) is 10.2. The highest BCUT2D eigenvalue weighted by Crippen LogP contribution is 2.20. The van der Waals surface area contributed by atoms with Crippen molar-refractivity contribution in [2.45, 2.75) is 24.7 Å². The van der Waals surface area contributed by atoms with Crippen LogP contribution in [0.2, 0.25) is 0 Å². The zero-order valence-corrected chi connectivity index (χ0v) is 18.3. The Hall–Kier alpha value is -2.58. The zero-order valence-electron chi connectivity index (χ0n) is 17.5. The summed E-state index contributed by atoms with van der Waals surface area (Å²) in [5.41, 5.74) is 0.800. The molecule has 0 radical (unpaired) electrons.